The van der Waals surface area contributed by atoms with E-state index in [1.165, 1.54) is 12.1 Å². The Morgan fingerprint density at radius 3 is 2.42 bits per heavy atom. The van der Waals surface area contributed by atoms with Crippen molar-refractivity contribution in [1.29, 1.82) is 0 Å². The minimum atomic E-state index is -0.278. The third-order valence-corrected chi connectivity index (χ3v) is 3.11. The Kier molecular flexibility index (Phi) is 3.95. The van der Waals surface area contributed by atoms with E-state index in [9.17, 15) is 9.18 Å². The lowest BCUT2D eigenvalue weighted by Gasteiger charge is -2.12. The van der Waals surface area contributed by atoms with Crippen LogP contribution in [-0.4, -0.2) is 13.4 Å². The lowest BCUT2D eigenvalue weighted by molar-refractivity contribution is -0.108. The molecule has 2 aromatic rings. The average molecular weight is 258 g/mol. The summed E-state index contributed by atoms with van der Waals surface area (Å²) in [5.74, 6) is 0.249. The maximum atomic E-state index is 13.0. The van der Waals surface area contributed by atoms with Crippen LogP contribution < -0.4 is 4.74 Å². The first-order valence-corrected chi connectivity index (χ1v) is 6.05. The molecule has 1 unspecified atom stereocenters. The second-order valence-corrected chi connectivity index (χ2v) is 4.39. The van der Waals surface area contributed by atoms with Gasteiger partial charge in [-0.15, -0.1) is 0 Å². The standard InChI is InChI=1S/C16H15FO2/c1-11(10-18)13-5-8-16(19-2)15(9-13)12-3-6-14(17)7-4-12/h3-11H,1-2H3. The van der Waals surface area contributed by atoms with E-state index in [1.807, 2.05) is 25.1 Å². The molecular formula is C16H15FO2. The average Bonchev–Trinajstić information content (AvgIpc) is 2.46. The van der Waals surface area contributed by atoms with Gasteiger partial charge in [0.25, 0.3) is 0 Å². The fourth-order valence-corrected chi connectivity index (χ4v) is 1.94. The molecule has 0 saturated heterocycles. The van der Waals surface area contributed by atoms with Crippen molar-refractivity contribution in [3.63, 3.8) is 0 Å². The Morgan fingerprint density at radius 2 is 1.84 bits per heavy atom. The summed E-state index contributed by atoms with van der Waals surface area (Å²) in [6, 6.07) is 11.8. The van der Waals surface area contributed by atoms with Gasteiger partial charge < -0.3 is 9.53 Å². The zero-order valence-corrected chi connectivity index (χ0v) is 10.9. The fraction of sp³-hybridized carbons (Fsp3) is 0.188. The van der Waals surface area contributed by atoms with Crippen molar-refractivity contribution in [2.24, 2.45) is 0 Å². The Balaban J connectivity index is 2.52. The molecule has 0 spiro atoms. The summed E-state index contributed by atoms with van der Waals surface area (Å²) in [5, 5.41) is 0. The van der Waals surface area contributed by atoms with Crippen molar-refractivity contribution in [3.05, 3.63) is 53.8 Å². The van der Waals surface area contributed by atoms with Gasteiger partial charge in [-0.1, -0.05) is 25.1 Å². The van der Waals surface area contributed by atoms with Crippen LogP contribution in [-0.2, 0) is 4.79 Å². The van der Waals surface area contributed by atoms with Crippen LogP contribution in [0.3, 0.4) is 0 Å². The number of carbonyl (C=O) groups excluding carboxylic acids is 1. The largest absolute Gasteiger partial charge is 0.496 e. The lowest BCUT2D eigenvalue weighted by atomic mass is 9.96. The zero-order chi connectivity index (χ0) is 13.8. The third-order valence-electron chi connectivity index (χ3n) is 3.11. The molecule has 0 aliphatic rings. The predicted molar refractivity (Wildman–Crippen MR) is 72.9 cm³/mol. The first kappa shape index (κ1) is 13.3. The second-order valence-electron chi connectivity index (χ2n) is 4.39. The van der Waals surface area contributed by atoms with Crippen LogP contribution in [0.1, 0.15) is 18.4 Å². The van der Waals surface area contributed by atoms with Gasteiger partial charge in [-0.25, -0.2) is 4.39 Å². The highest BCUT2D eigenvalue weighted by Crippen LogP contribution is 2.32. The van der Waals surface area contributed by atoms with Crippen molar-refractivity contribution in [1.82, 2.24) is 0 Å². The van der Waals surface area contributed by atoms with E-state index in [-0.39, 0.29) is 11.7 Å². The van der Waals surface area contributed by atoms with Crippen molar-refractivity contribution in [3.8, 4) is 16.9 Å². The number of ether oxygens (including phenoxy) is 1. The molecular weight excluding hydrogens is 243 g/mol. The molecule has 0 aliphatic carbocycles. The van der Waals surface area contributed by atoms with Gasteiger partial charge in [0, 0.05) is 11.5 Å². The van der Waals surface area contributed by atoms with E-state index >= 15 is 0 Å². The number of benzene rings is 2. The maximum absolute atomic E-state index is 13.0. The topological polar surface area (TPSA) is 26.3 Å². The number of methoxy groups -OCH3 is 1. The van der Waals surface area contributed by atoms with Crippen LogP contribution in [0.5, 0.6) is 5.75 Å². The molecule has 0 N–H and O–H groups in total. The smallest absolute Gasteiger partial charge is 0.127 e. The second kappa shape index (κ2) is 5.65. The van der Waals surface area contributed by atoms with E-state index in [4.69, 9.17) is 4.74 Å². The van der Waals surface area contributed by atoms with Crippen molar-refractivity contribution >= 4 is 6.29 Å². The Morgan fingerprint density at radius 1 is 1.16 bits per heavy atom. The van der Waals surface area contributed by atoms with Crippen molar-refractivity contribution in [2.75, 3.05) is 7.11 Å². The summed E-state index contributed by atoms with van der Waals surface area (Å²) in [5.41, 5.74) is 2.63. The Labute approximate surface area is 111 Å². The summed E-state index contributed by atoms with van der Waals surface area (Å²) < 4.78 is 18.3. The molecule has 3 heteroatoms. The first-order chi connectivity index (χ1) is 9.15. The molecule has 2 rings (SSSR count). The number of carbonyl (C=O) groups is 1. The van der Waals surface area contributed by atoms with E-state index < -0.39 is 0 Å². The summed E-state index contributed by atoms with van der Waals surface area (Å²) in [6.07, 6.45) is 0.899. The molecule has 0 heterocycles. The van der Waals surface area contributed by atoms with E-state index in [0.29, 0.717) is 5.75 Å². The first-order valence-electron chi connectivity index (χ1n) is 6.05. The van der Waals surface area contributed by atoms with Crippen LogP contribution in [0.15, 0.2) is 42.5 Å². The number of hydrogen-bond acceptors (Lipinski definition) is 2. The molecule has 98 valence electrons. The molecule has 0 saturated carbocycles. The lowest BCUT2D eigenvalue weighted by Crippen LogP contribution is -1.96. The molecule has 1 atom stereocenters. The normalized spacial score (nSPS) is 11.9. The molecule has 19 heavy (non-hydrogen) atoms. The molecule has 0 radical (unpaired) electrons. The van der Waals surface area contributed by atoms with Gasteiger partial charge in [-0.2, -0.15) is 0 Å². The van der Waals surface area contributed by atoms with Crippen LogP contribution in [0.2, 0.25) is 0 Å². The minimum Gasteiger partial charge on any atom is -0.496 e. The number of aldehydes is 1. The Hall–Kier alpha value is -2.16. The van der Waals surface area contributed by atoms with Gasteiger partial charge in [0.05, 0.1) is 7.11 Å². The van der Waals surface area contributed by atoms with Gasteiger partial charge in [-0.05, 0) is 35.4 Å². The van der Waals surface area contributed by atoms with Gasteiger partial charge in [-0.3, -0.25) is 0 Å². The maximum Gasteiger partial charge on any atom is 0.127 e. The van der Waals surface area contributed by atoms with Crippen LogP contribution in [0.4, 0.5) is 4.39 Å². The quantitative estimate of drug-likeness (QED) is 0.780. The molecule has 0 aliphatic heterocycles. The number of hydrogen-bond donors (Lipinski definition) is 0. The fourth-order valence-electron chi connectivity index (χ4n) is 1.94. The summed E-state index contributed by atoms with van der Waals surface area (Å²) in [6.45, 7) is 1.84. The van der Waals surface area contributed by atoms with Gasteiger partial charge in [0.2, 0.25) is 0 Å². The molecule has 2 nitrogen and oxygen atoms in total. The number of halogens is 1. The highest BCUT2D eigenvalue weighted by molar-refractivity contribution is 5.73. The van der Waals surface area contributed by atoms with Crippen LogP contribution >= 0.6 is 0 Å². The summed E-state index contributed by atoms with van der Waals surface area (Å²) in [7, 11) is 1.59. The summed E-state index contributed by atoms with van der Waals surface area (Å²) in [4.78, 5) is 10.9. The predicted octanol–water partition coefficient (Wildman–Crippen LogP) is 3.80. The SMILES string of the molecule is COc1ccc(C(C)C=O)cc1-c1ccc(F)cc1. The van der Waals surface area contributed by atoms with Crippen molar-refractivity contribution < 1.29 is 13.9 Å². The van der Waals surface area contributed by atoms with Gasteiger partial charge in [0.1, 0.15) is 17.9 Å². The summed E-state index contributed by atoms with van der Waals surface area (Å²) >= 11 is 0. The van der Waals surface area contributed by atoms with Crippen LogP contribution in [0, 0.1) is 5.82 Å². The molecule has 0 aromatic heterocycles. The number of rotatable bonds is 4. The van der Waals surface area contributed by atoms with Crippen molar-refractivity contribution in [2.45, 2.75) is 12.8 Å². The van der Waals surface area contributed by atoms with E-state index in [0.717, 1.165) is 23.0 Å². The molecule has 2 aromatic carbocycles. The van der Waals surface area contributed by atoms with Gasteiger partial charge >= 0.3 is 0 Å². The monoisotopic (exact) mass is 258 g/mol. The van der Waals surface area contributed by atoms with Crippen LogP contribution in [0.25, 0.3) is 11.1 Å². The Bertz CT molecular complexity index is 576. The minimum absolute atomic E-state index is 0.176. The molecule has 0 amide bonds. The highest BCUT2D eigenvalue weighted by atomic mass is 19.1. The van der Waals surface area contributed by atoms with Gasteiger partial charge in [0.15, 0.2) is 0 Å². The highest BCUT2D eigenvalue weighted by Gasteiger charge is 2.10. The van der Waals surface area contributed by atoms with E-state index in [2.05, 4.69) is 0 Å². The van der Waals surface area contributed by atoms with E-state index in [1.54, 1.807) is 19.2 Å². The molecule has 0 fully saturated rings. The third kappa shape index (κ3) is 2.81. The zero-order valence-electron chi connectivity index (χ0n) is 10.9. The molecule has 0 bridgehead atoms.